The number of ether oxygens (including phenoxy) is 1. The van der Waals surface area contributed by atoms with Crippen LogP contribution in [0.2, 0.25) is 0 Å². The lowest BCUT2D eigenvalue weighted by atomic mass is 10.00. The van der Waals surface area contributed by atoms with E-state index in [0.717, 1.165) is 28.6 Å². The molecular weight excluding hydrogens is 336 g/mol. The Kier molecular flexibility index (Phi) is 4.71. The molecule has 134 valence electrons. The van der Waals surface area contributed by atoms with Gasteiger partial charge in [0, 0.05) is 11.6 Å². The average Bonchev–Trinajstić information content (AvgIpc) is 3.11. The molecule has 0 aliphatic heterocycles. The van der Waals surface area contributed by atoms with Crippen LogP contribution in [0.1, 0.15) is 22.8 Å². The van der Waals surface area contributed by atoms with Gasteiger partial charge in [0.2, 0.25) is 0 Å². The SMILES string of the molecule is CCOC(=O)c1cccc(-c2cccc3nn(Cc4ccccc4)cc23)c1. The van der Waals surface area contributed by atoms with E-state index in [1.165, 1.54) is 5.56 Å². The van der Waals surface area contributed by atoms with Gasteiger partial charge in [0.05, 0.1) is 24.2 Å². The van der Waals surface area contributed by atoms with Gasteiger partial charge in [-0.05, 0) is 41.8 Å². The molecular formula is C23H20N2O2. The number of fused-ring (bicyclic) bond motifs is 1. The first-order chi connectivity index (χ1) is 13.2. The fraction of sp³-hybridized carbons (Fsp3) is 0.130. The van der Waals surface area contributed by atoms with Crippen LogP contribution < -0.4 is 0 Å². The third kappa shape index (κ3) is 3.60. The molecule has 0 aliphatic carbocycles. The molecule has 0 atom stereocenters. The Balaban J connectivity index is 1.72. The molecule has 3 aromatic carbocycles. The monoisotopic (exact) mass is 356 g/mol. The van der Waals surface area contributed by atoms with Crippen LogP contribution in [-0.4, -0.2) is 22.4 Å². The van der Waals surface area contributed by atoms with Crippen molar-refractivity contribution in [2.45, 2.75) is 13.5 Å². The summed E-state index contributed by atoms with van der Waals surface area (Å²) < 4.78 is 7.08. The van der Waals surface area contributed by atoms with Crippen molar-refractivity contribution in [3.63, 3.8) is 0 Å². The Morgan fingerprint density at radius 3 is 2.63 bits per heavy atom. The molecule has 27 heavy (non-hydrogen) atoms. The summed E-state index contributed by atoms with van der Waals surface area (Å²) in [5.41, 5.74) is 4.73. The summed E-state index contributed by atoms with van der Waals surface area (Å²) in [6.45, 7) is 2.90. The van der Waals surface area contributed by atoms with Crippen molar-refractivity contribution >= 4 is 16.9 Å². The summed E-state index contributed by atoms with van der Waals surface area (Å²) in [5.74, 6) is -0.300. The molecule has 0 saturated carbocycles. The fourth-order valence-electron chi connectivity index (χ4n) is 3.22. The van der Waals surface area contributed by atoms with Gasteiger partial charge in [0.25, 0.3) is 0 Å². The molecule has 0 unspecified atom stereocenters. The van der Waals surface area contributed by atoms with Crippen LogP contribution in [0, 0.1) is 0 Å². The number of hydrogen-bond acceptors (Lipinski definition) is 3. The van der Waals surface area contributed by atoms with Crippen molar-refractivity contribution in [1.29, 1.82) is 0 Å². The highest BCUT2D eigenvalue weighted by Gasteiger charge is 2.11. The average molecular weight is 356 g/mol. The molecule has 0 radical (unpaired) electrons. The minimum atomic E-state index is -0.300. The Labute approximate surface area is 158 Å². The number of carbonyl (C=O) groups is 1. The largest absolute Gasteiger partial charge is 0.462 e. The molecule has 0 spiro atoms. The fourth-order valence-corrected chi connectivity index (χ4v) is 3.22. The van der Waals surface area contributed by atoms with Crippen molar-refractivity contribution in [3.05, 3.63) is 90.1 Å². The van der Waals surface area contributed by atoms with Crippen LogP contribution in [0.5, 0.6) is 0 Å². The summed E-state index contributed by atoms with van der Waals surface area (Å²) in [5, 5.41) is 5.77. The van der Waals surface area contributed by atoms with Crippen molar-refractivity contribution in [2.24, 2.45) is 0 Å². The molecule has 4 rings (SSSR count). The Morgan fingerprint density at radius 1 is 1.00 bits per heavy atom. The highest BCUT2D eigenvalue weighted by atomic mass is 16.5. The maximum atomic E-state index is 12.1. The zero-order valence-corrected chi connectivity index (χ0v) is 15.1. The van der Waals surface area contributed by atoms with Crippen molar-refractivity contribution in [3.8, 4) is 11.1 Å². The molecule has 0 amide bonds. The normalized spacial score (nSPS) is 10.9. The Hall–Kier alpha value is -3.40. The van der Waals surface area contributed by atoms with Crippen molar-refractivity contribution in [2.75, 3.05) is 6.61 Å². The van der Waals surface area contributed by atoms with Gasteiger partial charge >= 0.3 is 5.97 Å². The van der Waals surface area contributed by atoms with Gasteiger partial charge in [-0.25, -0.2) is 4.79 Å². The quantitative estimate of drug-likeness (QED) is 0.476. The number of benzene rings is 3. The summed E-state index contributed by atoms with van der Waals surface area (Å²) in [7, 11) is 0. The van der Waals surface area contributed by atoms with Gasteiger partial charge in [-0.15, -0.1) is 0 Å². The molecule has 0 aliphatic rings. The van der Waals surface area contributed by atoms with E-state index in [1.807, 2.05) is 60.1 Å². The van der Waals surface area contributed by atoms with Crippen LogP contribution >= 0.6 is 0 Å². The van der Waals surface area contributed by atoms with Gasteiger partial charge in [-0.3, -0.25) is 4.68 Å². The Bertz CT molecular complexity index is 1080. The molecule has 1 heterocycles. The van der Waals surface area contributed by atoms with Crippen LogP contribution in [0.4, 0.5) is 0 Å². The second-order valence-corrected chi connectivity index (χ2v) is 6.35. The molecule has 4 aromatic rings. The van der Waals surface area contributed by atoms with Crippen LogP contribution in [-0.2, 0) is 11.3 Å². The molecule has 0 saturated heterocycles. The lowest BCUT2D eigenvalue weighted by Crippen LogP contribution is -2.04. The summed E-state index contributed by atoms with van der Waals surface area (Å²) in [4.78, 5) is 12.1. The highest BCUT2D eigenvalue weighted by Crippen LogP contribution is 2.29. The first kappa shape index (κ1) is 17.0. The first-order valence-electron chi connectivity index (χ1n) is 9.02. The highest BCUT2D eigenvalue weighted by molar-refractivity contribution is 5.97. The summed E-state index contributed by atoms with van der Waals surface area (Å²) >= 11 is 0. The summed E-state index contributed by atoms with van der Waals surface area (Å²) in [6, 6.07) is 23.9. The van der Waals surface area contributed by atoms with Crippen LogP contribution in [0.25, 0.3) is 22.0 Å². The van der Waals surface area contributed by atoms with Gasteiger partial charge in [0.15, 0.2) is 0 Å². The predicted octanol–water partition coefficient (Wildman–Crippen LogP) is 4.93. The van der Waals surface area contributed by atoms with Crippen LogP contribution in [0.3, 0.4) is 0 Å². The van der Waals surface area contributed by atoms with E-state index in [-0.39, 0.29) is 5.97 Å². The second-order valence-electron chi connectivity index (χ2n) is 6.35. The lowest BCUT2D eigenvalue weighted by molar-refractivity contribution is 0.0526. The minimum absolute atomic E-state index is 0.300. The second kappa shape index (κ2) is 7.46. The zero-order valence-electron chi connectivity index (χ0n) is 15.1. The van der Waals surface area contributed by atoms with E-state index in [9.17, 15) is 4.79 Å². The molecule has 0 fully saturated rings. The Morgan fingerprint density at radius 2 is 1.81 bits per heavy atom. The van der Waals surface area contributed by atoms with E-state index in [4.69, 9.17) is 9.84 Å². The summed E-state index contributed by atoms with van der Waals surface area (Å²) in [6.07, 6.45) is 2.06. The molecule has 0 N–H and O–H groups in total. The van der Waals surface area contributed by atoms with Gasteiger partial charge < -0.3 is 4.74 Å². The smallest absolute Gasteiger partial charge is 0.338 e. The number of aromatic nitrogens is 2. The van der Waals surface area contributed by atoms with Gasteiger partial charge in [-0.1, -0.05) is 54.6 Å². The van der Waals surface area contributed by atoms with Crippen molar-refractivity contribution in [1.82, 2.24) is 9.78 Å². The first-order valence-corrected chi connectivity index (χ1v) is 9.02. The number of nitrogens with zero attached hydrogens (tertiary/aromatic N) is 2. The van der Waals surface area contributed by atoms with E-state index in [1.54, 1.807) is 6.07 Å². The molecule has 4 nitrogen and oxygen atoms in total. The maximum absolute atomic E-state index is 12.1. The number of carbonyl (C=O) groups excluding carboxylic acids is 1. The third-order valence-electron chi connectivity index (χ3n) is 4.47. The van der Waals surface area contributed by atoms with E-state index < -0.39 is 0 Å². The predicted molar refractivity (Wildman–Crippen MR) is 107 cm³/mol. The van der Waals surface area contributed by atoms with Crippen LogP contribution in [0.15, 0.2) is 79.0 Å². The van der Waals surface area contributed by atoms with Gasteiger partial charge in [-0.2, -0.15) is 5.10 Å². The maximum Gasteiger partial charge on any atom is 0.338 e. The lowest BCUT2D eigenvalue weighted by Gasteiger charge is -2.06. The standard InChI is InChI=1S/C23H20N2O2/c1-2-27-23(26)19-11-6-10-18(14-19)20-12-7-13-22-21(20)16-25(24-22)15-17-8-4-3-5-9-17/h3-14,16H,2,15H2,1H3. The number of esters is 1. The zero-order chi connectivity index (χ0) is 18.6. The number of rotatable bonds is 5. The van der Waals surface area contributed by atoms with E-state index in [0.29, 0.717) is 12.2 Å². The molecule has 4 heteroatoms. The molecule has 0 bridgehead atoms. The third-order valence-corrected chi connectivity index (χ3v) is 4.47. The van der Waals surface area contributed by atoms with Gasteiger partial charge in [0.1, 0.15) is 0 Å². The topological polar surface area (TPSA) is 44.1 Å². The van der Waals surface area contributed by atoms with E-state index >= 15 is 0 Å². The molecule has 1 aromatic heterocycles. The van der Waals surface area contributed by atoms with Crippen molar-refractivity contribution < 1.29 is 9.53 Å². The minimum Gasteiger partial charge on any atom is -0.462 e. The number of hydrogen-bond donors (Lipinski definition) is 0. The van der Waals surface area contributed by atoms with E-state index in [2.05, 4.69) is 24.4 Å².